The van der Waals surface area contributed by atoms with Gasteiger partial charge >= 0.3 is 11.9 Å². The number of allylic oxidation sites excluding steroid dienone is 4. The lowest BCUT2D eigenvalue weighted by Gasteiger charge is -2.11. The Morgan fingerprint density at radius 1 is 0.872 bits per heavy atom. The predicted octanol–water partition coefficient (Wildman–Crippen LogP) is 3.58. The van der Waals surface area contributed by atoms with Crippen LogP contribution in [-0.2, 0) is 19.1 Å². The molecule has 10 heteroatoms. The predicted molar refractivity (Wildman–Crippen MR) is 143 cm³/mol. The number of carbonyl (C=O) groups is 3. The van der Waals surface area contributed by atoms with Gasteiger partial charge in [-0.15, -0.1) is 0 Å². The maximum Gasteiger partial charge on any atom is 0.359 e. The summed E-state index contributed by atoms with van der Waals surface area (Å²) < 4.78 is 11.3. The highest BCUT2D eigenvalue weighted by Crippen LogP contribution is 2.26. The first kappa shape index (κ1) is 26.8. The molecule has 4 rings (SSSR count). The number of nitrogens with zero attached hydrogens (tertiary/aromatic N) is 4. The maximum absolute atomic E-state index is 13.1. The summed E-state index contributed by atoms with van der Waals surface area (Å²) in [5, 5.41) is 22.5. The van der Waals surface area contributed by atoms with E-state index in [4.69, 9.17) is 9.47 Å². The second kappa shape index (κ2) is 12.3. The topological polar surface area (TPSA) is 126 Å². The number of amides is 1. The second-order valence-electron chi connectivity index (χ2n) is 7.98. The minimum absolute atomic E-state index is 0.0515. The van der Waals surface area contributed by atoms with E-state index in [1.165, 1.54) is 24.3 Å². The van der Waals surface area contributed by atoms with Gasteiger partial charge in [0.1, 0.15) is 0 Å². The molecule has 1 aliphatic rings. The Bertz CT molecular complexity index is 1490. The Hall–Kier alpha value is -5.25. The fourth-order valence-corrected chi connectivity index (χ4v) is 3.69. The summed E-state index contributed by atoms with van der Waals surface area (Å²) in [6, 6.07) is 17.4. The third-order valence-corrected chi connectivity index (χ3v) is 5.44. The summed E-state index contributed by atoms with van der Waals surface area (Å²) in [5.41, 5.74) is 0.874. The molecule has 1 amide bonds. The van der Waals surface area contributed by atoms with Crippen LogP contribution in [0.3, 0.4) is 0 Å². The molecule has 2 heterocycles. The van der Waals surface area contributed by atoms with Gasteiger partial charge in [-0.25, -0.2) is 14.3 Å². The van der Waals surface area contributed by atoms with Gasteiger partial charge in [-0.05, 0) is 50.1 Å². The zero-order valence-corrected chi connectivity index (χ0v) is 21.3. The molecule has 0 N–H and O–H groups in total. The minimum atomic E-state index is -0.720. The second-order valence-corrected chi connectivity index (χ2v) is 7.98. The van der Waals surface area contributed by atoms with Gasteiger partial charge in [0.05, 0.1) is 30.2 Å². The van der Waals surface area contributed by atoms with Gasteiger partial charge in [0, 0.05) is 5.56 Å². The first-order valence-electron chi connectivity index (χ1n) is 12.2. The molecule has 1 aromatic heterocycles. The molecule has 39 heavy (non-hydrogen) atoms. The number of anilines is 1. The van der Waals surface area contributed by atoms with E-state index >= 15 is 0 Å². The number of hydrogen-bond acceptors (Lipinski definition) is 8. The minimum Gasteiger partial charge on any atom is -0.858 e. The zero-order chi connectivity index (χ0) is 27.8. The normalized spacial score (nSPS) is 14.4. The molecular weight excluding hydrogens is 500 g/mol. The van der Waals surface area contributed by atoms with E-state index in [0.717, 1.165) is 9.69 Å². The van der Waals surface area contributed by atoms with Crippen LogP contribution < -0.4 is 10.1 Å². The van der Waals surface area contributed by atoms with Crippen molar-refractivity contribution < 1.29 is 29.0 Å². The molecule has 0 radical (unpaired) electrons. The number of rotatable bonds is 9. The number of para-hydroxylation sites is 2. The molecule has 0 unspecified atom stereocenters. The largest absolute Gasteiger partial charge is 0.858 e. The summed E-state index contributed by atoms with van der Waals surface area (Å²) in [6.07, 6.45) is 7.45. The Morgan fingerprint density at radius 2 is 1.49 bits per heavy atom. The smallest absolute Gasteiger partial charge is 0.359 e. The van der Waals surface area contributed by atoms with E-state index in [1.807, 2.05) is 0 Å². The lowest BCUT2D eigenvalue weighted by atomic mass is 10.1. The molecule has 10 nitrogen and oxygen atoms in total. The third kappa shape index (κ3) is 5.85. The molecule has 2 aromatic carbocycles. The van der Waals surface area contributed by atoms with Gasteiger partial charge in [0.25, 0.3) is 5.91 Å². The van der Waals surface area contributed by atoms with E-state index in [1.54, 1.807) is 80.6 Å². The Balaban J connectivity index is 1.62. The Kier molecular flexibility index (Phi) is 8.47. The number of benzene rings is 2. The lowest BCUT2D eigenvalue weighted by Crippen LogP contribution is -2.22. The SMILES string of the molecule is CCOC(=O)C1=NN(c2ccccc2)C(=O)\C1=C/C=C/C=C/c1c(C(=O)OCC)nn(-c2ccccc2)c1[O-]. The van der Waals surface area contributed by atoms with Crippen molar-refractivity contribution in [2.75, 3.05) is 18.2 Å². The average molecular weight is 526 g/mol. The molecule has 0 saturated carbocycles. The van der Waals surface area contributed by atoms with Gasteiger partial charge in [0.2, 0.25) is 0 Å². The van der Waals surface area contributed by atoms with Crippen molar-refractivity contribution in [1.29, 1.82) is 0 Å². The van der Waals surface area contributed by atoms with Crippen molar-refractivity contribution in [2.24, 2.45) is 5.10 Å². The first-order chi connectivity index (χ1) is 19.0. The first-order valence-corrected chi connectivity index (χ1v) is 12.2. The van der Waals surface area contributed by atoms with Gasteiger partial charge < -0.3 is 14.6 Å². The molecule has 0 saturated heterocycles. The fourth-order valence-electron chi connectivity index (χ4n) is 3.69. The molecule has 1 aliphatic heterocycles. The number of aromatic nitrogens is 2. The number of hydrazone groups is 1. The number of esters is 2. The van der Waals surface area contributed by atoms with Crippen LogP contribution in [-0.4, -0.2) is 46.6 Å². The molecule has 0 atom stereocenters. The van der Waals surface area contributed by atoms with Crippen molar-refractivity contribution in [2.45, 2.75) is 13.8 Å². The lowest BCUT2D eigenvalue weighted by molar-refractivity contribution is -0.278. The van der Waals surface area contributed by atoms with Crippen LogP contribution in [0.1, 0.15) is 29.9 Å². The molecule has 198 valence electrons. The Morgan fingerprint density at radius 3 is 2.13 bits per heavy atom. The monoisotopic (exact) mass is 525 g/mol. The summed E-state index contributed by atoms with van der Waals surface area (Å²) in [5.74, 6) is -2.42. The van der Waals surface area contributed by atoms with Crippen molar-refractivity contribution >= 4 is 35.3 Å². The van der Waals surface area contributed by atoms with Gasteiger partial charge in [-0.3, -0.25) is 4.79 Å². The van der Waals surface area contributed by atoms with Crippen molar-refractivity contribution in [3.05, 3.63) is 102 Å². The van der Waals surface area contributed by atoms with Crippen LogP contribution in [0.15, 0.2) is 95.6 Å². The molecule has 0 fully saturated rings. The fraction of sp³-hybridized carbons (Fsp3) is 0.138. The quantitative estimate of drug-likeness (QED) is 0.237. The Labute approximate surface area is 224 Å². The summed E-state index contributed by atoms with van der Waals surface area (Å²) in [6.45, 7) is 3.57. The van der Waals surface area contributed by atoms with Crippen LogP contribution in [0, 0.1) is 0 Å². The van der Waals surface area contributed by atoms with Gasteiger partial charge in [-0.2, -0.15) is 15.2 Å². The number of ether oxygens (including phenoxy) is 2. The van der Waals surface area contributed by atoms with Crippen LogP contribution >= 0.6 is 0 Å². The van der Waals surface area contributed by atoms with Crippen LogP contribution in [0.25, 0.3) is 11.8 Å². The molecular formula is C29H25N4O6-. The van der Waals surface area contributed by atoms with Gasteiger partial charge in [0.15, 0.2) is 11.4 Å². The third-order valence-electron chi connectivity index (χ3n) is 5.44. The van der Waals surface area contributed by atoms with Crippen molar-refractivity contribution in [3.8, 4) is 11.6 Å². The zero-order valence-electron chi connectivity index (χ0n) is 21.3. The maximum atomic E-state index is 13.1. The number of carbonyl (C=O) groups excluding carboxylic acids is 3. The van der Waals surface area contributed by atoms with E-state index in [-0.39, 0.29) is 35.8 Å². The highest BCUT2D eigenvalue weighted by molar-refractivity contribution is 6.53. The summed E-state index contributed by atoms with van der Waals surface area (Å²) in [7, 11) is 0. The molecule has 0 aliphatic carbocycles. The standard InChI is InChI=1S/C29H26N4O6/c1-3-38-28(36)24-22(26(34)32(30-24)20-14-8-5-9-15-20)18-12-7-13-19-23-25(29(37)39-4-2)31-33(27(23)35)21-16-10-6-11-17-21/h5-19,34H,3-4H2,1-2H3/p-1/b13-7+,18-12+,23-19-. The molecule has 3 aromatic rings. The van der Waals surface area contributed by atoms with Crippen LogP contribution in [0.2, 0.25) is 0 Å². The van der Waals surface area contributed by atoms with E-state index in [2.05, 4.69) is 10.2 Å². The van der Waals surface area contributed by atoms with Crippen LogP contribution in [0.4, 0.5) is 5.69 Å². The van der Waals surface area contributed by atoms with Crippen molar-refractivity contribution in [1.82, 2.24) is 9.78 Å². The van der Waals surface area contributed by atoms with Crippen LogP contribution in [0.5, 0.6) is 5.88 Å². The highest BCUT2D eigenvalue weighted by atomic mass is 16.5. The van der Waals surface area contributed by atoms with Crippen molar-refractivity contribution in [3.63, 3.8) is 0 Å². The molecule has 0 bridgehead atoms. The summed E-state index contributed by atoms with van der Waals surface area (Å²) in [4.78, 5) is 38.0. The molecule has 0 spiro atoms. The average Bonchev–Trinajstić information content (AvgIpc) is 3.46. The van der Waals surface area contributed by atoms with E-state index in [9.17, 15) is 19.5 Å². The van der Waals surface area contributed by atoms with E-state index in [0.29, 0.717) is 11.4 Å². The highest BCUT2D eigenvalue weighted by Gasteiger charge is 2.35. The summed E-state index contributed by atoms with van der Waals surface area (Å²) >= 11 is 0. The van der Waals surface area contributed by atoms with Gasteiger partial charge in [-0.1, -0.05) is 60.7 Å². The van der Waals surface area contributed by atoms with E-state index < -0.39 is 23.7 Å². The number of hydrogen-bond donors (Lipinski definition) is 0.